The van der Waals surface area contributed by atoms with E-state index < -0.39 is 8.32 Å². The molecule has 2 heterocycles. The van der Waals surface area contributed by atoms with Crippen LogP contribution in [0.15, 0.2) is 36.7 Å². The van der Waals surface area contributed by atoms with Gasteiger partial charge in [-0.2, -0.15) is 0 Å². The van der Waals surface area contributed by atoms with Crippen molar-refractivity contribution in [3.8, 4) is 0 Å². The molecule has 0 saturated carbocycles. The van der Waals surface area contributed by atoms with Crippen molar-refractivity contribution in [1.82, 2.24) is 9.78 Å². The second kappa shape index (κ2) is 6.61. The van der Waals surface area contributed by atoms with Crippen molar-refractivity contribution in [2.45, 2.75) is 83.8 Å². The van der Waals surface area contributed by atoms with Crippen molar-refractivity contribution in [3.05, 3.63) is 48.0 Å². The summed E-state index contributed by atoms with van der Waals surface area (Å²) in [4.78, 5) is 0. The first-order valence-electron chi connectivity index (χ1n) is 9.71. The topological polar surface area (TPSA) is 30.9 Å². The van der Waals surface area contributed by atoms with E-state index in [1.807, 2.05) is 0 Å². The van der Waals surface area contributed by atoms with Gasteiger partial charge in [-0.1, -0.05) is 51.1 Å². The number of fused-ring (bicyclic) bond motifs is 1. The van der Waals surface area contributed by atoms with Gasteiger partial charge in [0.1, 0.15) is 12.6 Å². The highest BCUT2D eigenvalue weighted by Gasteiger charge is 2.48. The van der Waals surface area contributed by atoms with E-state index in [2.05, 4.69) is 93.6 Å². The van der Waals surface area contributed by atoms with Crippen LogP contribution in [0, 0.1) is 0 Å². The molecule has 0 N–H and O–H groups in total. The molecule has 0 fully saturated rings. The van der Waals surface area contributed by atoms with Gasteiger partial charge < -0.3 is 4.43 Å². The summed E-state index contributed by atoms with van der Waals surface area (Å²) in [5.41, 5.74) is 1.09. The highest BCUT2D eigenvalue weighted by atomic mass is 28.4. The highest BCUT2D eigenvalue weighted by molar-refractivity contribution is 6.74. The van der Waals surface area contributed by atoms with Crippen LogP contribution in [-0.2, 0) is 17.4 Å². The summed E-state index contributed by atoms with van der Waals surface area (Å²) < 4.78 is 11.3. The van der Waals surface area contributed by atoms with Gasteiger partial charge in [0.15, 0.2) is 8.32 Å². The highest BCUT2D eigenvalue weighted by Crippen LogP contribution is 2.42. The van der Waals surface area contributed by atoms with Crippen molar-refractivity contribution in [2.75, 3.05) is 0 Å². The Morgan fingerprint density at radius 1 is 1.15 bits per heavy atom. The molecule has 26 heavy (non-hydrogen) atoms. The number of hydrogen-bond acceptors (Lipinski definition) is 2. The maximum absolute atomic E-state index is 6.84. The molecule has 1 aromatic carbocycles. The molecule has 0 amide bonds. The van der Waals surface area contributed by atoms with Crippen molar-refractivity contribution >= 4 is 8.32 Å². The smallest absolute Gasteiger partial charge is 0.277 e. The molecule has 3 rings (SSSR count). The lowest BCUT2D eigenvalue weighted by Crippen LogP contribution is -2.55. The Morgan fingerprint density at radius 2 is 1.81 bits per heavy atom. The van der Waals surface area contributed by atoms with E-state index in [1.165, 1.54) is 11.4 Å². The minimum Gasteiger partial charge on any atom is -0.408 e. The van der Waals surface area contributed by atoms with E-state index in [0.717, 1.165) is 19.4 Å². The van der Waals surface area contributed by atoms with Crippen LogP contribution < -0.4 is 4.57 Å². The summed E-state index contributed by atoms with van der Waals surface area (Å²) in [5.74, 6) is 1.18. The van der Waals surface area contributed by atoms with Crippen LogP contribution >= 0.6 is 0 Å². The second-order valence-corrected chi connectivity index (χ2v) is 14.4. The Kier molecular flexibility index (Phi) is 4.91. The van der Waals surface area contributed by atoms with Crippen molar-refractivity contribution in [1.29, 1.82) is 0 Å². The molecule has 1 aromatic heterocycles. The summed E-state index contributed by atoms with van der Waals surface area (Å²) in [6.45, 7) is 16.9. The third kappa shape index (κ3) is 3.79. The Hall–Kier alpha value is -1.46. The largest absolute Gasteiger partial charge is 0.408 e. The number of aromatic nitrogens is 3. The lowest BCUT2D eigenvalue weighted by atomic mass is 9.97. The Balaban J connectivity index is 1.80. The van der Waals surface area contributed by atoms with Crippen LogP contribution in [0.1, 0.15) is 58.5 Å². The fourth-order valence-corrected chi connectivity index (χ4v) is 5.45. The Morgan fingerprint density at radius 3 is 2.42 bits per heavy atom. The summed E-state index contributed by atoms with van der Waals surface area (Å²) in [5, 5.41) is 5.05. The average Bonchev–Trinajstić information content (AvgIpc) is 3.05. The van der Waals surface area contributed by atoms with Crippen LogP contribution in [0.25, 0.3) is 0 Å². The Labute approximate surface area is 159 Å². The SMILES string of the molecule is CC(C)(O[Si](C)(C)C(C)(C)C)[C@@H]1CCc2nn(Cc3ccccc3)c[n+]21. The molecule has 2 aromatic rings. The van der Waals surface area contributed by atoms with E-state index >= 15 is 0 Å². The quantitative estimate of drug-likeness (QED) is 0.571. The molecular formula is C21H34N3OSi+. The zero-order chi connectivity index (χ0) is 19.2. The first-order chi connectivity index (χ1) is 12.0. The number of nitrogens with zero attached hydrogens (tertiary/aromatic N) is 3. The van der Waals surface area contributed by atoms with Crippen LogP contribution in [0.5, 0.6) is 0 Å². The van der Waals surface area contributed by atoms with Crippen LogP contribution in [-0.4, -0.2) is 23.7 Å². The number of hydrogen-bond donors (Lipinski definition) is 0. The number of benzene rings is 1. The summed E-state index contributed by atoms with van der Waals surface area (Å²) >= 11 is 0. The van der Waals surface area contributed by atoms with Crippen molar-refractivity contribution in [3.63, 3.8) is 0 Å². The molecule has 0 unspecified atom stereocenters. The zero-order valence-corrected chi connectivity index (χ0v) is 18.4. The van der Waals surface area contributed by atoms with E-state index in [-0.39, 0.29) is 10.6 Å². The molecule has 1 aliphatic rings. The van der Waals surface area contributed by atoms with E-state index in [1.54, 1.807) is 0 Å². The molecule has 0 saturated heterocycles. The first kappa shape index (κ1) is 19.3. The second-order valence-electron chi connectivity index (χ2n) is 9.64. The van der Waals surface area contributed by atoms with Gasteiger partial charge in [0, 0.05) is 11.5 Å². The molecule has 1 atom stereocenters. The van der Waals surface area contributed by atoms with Gasteiger partial charge in [0.25, 0.3) is 5.82 Å². The van der Waals surface area contributed by atoms with E-state index in [4.69, 9.17) is 9.52 Å². The fraction of sp³-hybridized carbons (Fsp3) is 0.619. The predicted octanol–water partition coefficient (Wildman–Crippen LogP) is 4.51. The maximum Gasteiger partial charge on any atom is 0.277 e. The van der Waals surface area contributed by atoms with Gasteiger partial charge in [-0.15, -0.1) is 4.68 Å². The number of rotatable bonds is 5. The molecular weight excluding hydrogens is 338 g/mol. The molecule has 142 valence electrons. The summed E-state index contributed by atoms with van der Waals surface area (Å²) in [6, 6.07) is 10.9. The standard InChI is InChI=1S/C21H34N3OSi/c1-20(2,3)26(6,7)25-21(4,5)18-13-14-19-22-23(16-24(18)19)15-17-11-9-8-10-12-17/h8-12,16,18H,13-15H2,1-7H3/q+1/t18-/m0/s1. The maximum atomic E-state index is 6.84. The third-order valence-corrected chi connectivity index (χ3v) is 10.7. The minimum absolute atomic E-state index is 0.195. The first-order valence-corrected chi connectivity index (χ1v) is 12.6. The zero-order valence-electron chi connectivity index (χ0n) is 17.4. The molecule has 0 radical (unpaired) electrons. The van der Waals surface area contributed by atoms with E-state index in [9.17, 15) is 0 Å². The third-order valence-electron chi connectivity index (χ3n) is 6.09. The minimum atomic E-state index is -1.82. The molecule has 0 bridgehead atoms. The summed E-state index contributed by atoms with van der Waals surface area (Å²) in [6.07, 6.45) is 4.31. The van der Waals surface area contributed by atoms with E-state index in [0.29, 0.717) is 6.04 Å². The van der Waals surface area contributed by atoms with Crippen LogP contribution in [0.2, 0.25) is 18.1 Å². The Bertz CT molecular complexity index is 759. The monoisotopic (exact) mass is 372 g/mol. The molecule has 0 aliphatic carbocycles. The van der Waals surface area contributed by atoms with Crippen molar-refractivity contribution in [2.24, 2.45) is 0 Å². The molecule has 1 aliphatic heterocycles. The molecule has 4 nitrogen and oxygen atoms in total. The normalized spacial score (nSPS) is 18.2. The lowest BCUT2D eigenvalue weighted by Gasteiger charge is -2.44. The predicted molar refractivity (Wildman–Crippen MR) is 108 cm³/mol. The van der Waals surface area contributed by atoms with Crippen molar-refractivity contribution < 1.29 is 8.99 Å². The summed E-state index contributed by atoms with van der Waals surface area (Å²) in [7, 11) is -1.82. The lowest BCUT2D eigenvalue weighted by molar-refractivity contribution is -0.729. The van der Waals surface area contributed by atoms with Gasteiger partial charge in [-0.05, 0) is 44.0 Å². The number of aryl methyl sites for hydroxylation is 1. The van der Waals surface area contributed by atoms with Crippen LogP contribution in [0.3, 0.4) is 0 Å². The molecule has 5 heteroatoms. The van der Waals surface area contributed by atoms with Gasteiger partial charge in [-0.25, -0.2) is 4.57 Å². The van der Waals surface area contributed by atoms with Gasteiger partial charge in [0.2, 0.25) is 6.33 Å². The van der Waals surface area contributed by atoms with Gasteiger partial charge in [0.05, 0.1) is 5.60 Å². The van der Waals surface area contributed by atoms with Crippen LogP contribution in [0.4, 0.5) is 0 Å². The van der Waals surface area contributed by atoms with Gasteiger partial charge in [-0.3, -0.25) is 0 Å². The molecule has 0 spiro atoms. The fourth-order valence-electron chi connectivity index (χ4n) is 3.69. The average molecular weight is 373 g/mol. The van der Waals surface area contributed by atoms with Gasteiger partial charge >= 0.3 is 0 Å².